The molecule has 2 fully saturated rings. The normalized spacial score (nSPS) is 27.4. The molecule has 0 amide bonds. The van der Waals surface area contributed by atoms with Crippen molar-refractivity contribution in [2.24, 2.45) is 10.8 Å². The lowest BCUT2D eigenvalue weighted by Crippen LogP contribution is -2.42. The van der Waals surface area contributed by atoms with E-state index in [1.807, 2.05) is 42.0 Å². The molecule has 0 spiro atoms. The smallest absolute Gasteiger partial charge is 0.151 e. The molecule has 2 heterocycles. The molecule has 3 atom stereocenters. The number of fused-ring (bicyclic) bond motifs is 2. The molecule has 1 aromatic carbocycles. The molecule has 2 bridgehead atoms. The molecule has 162 valence electrons. The number of aromatic nitrogens is 4. The minimum Gasteiger partial charge on any atom is -0.507 e. The molecule has 2 aliphatic rings. The fourth-order valence-corrected chi connectivity index (χ4v) is 5.95. The molecule has 2 aromatic heterocycles. The monoisotopic (exact) mass is 417 g/mol. The summed E-state index contributed by atoms with van der Waals surface area (Å²) < 4.78 is 1.89. The largest absolute Gasteiger partial charge is 0.507 e. The van der Waals surface area contributed by atoms with Crippen molar-refractivity contribution in [3.63, 3.8) is 0 Å². The molecule has 0 radical (unpaired) electrons. The van der Waals surface area contributed by atoms with Crippen LogP contribution >= 0.6 is 0 Å². The van der Waals surface area contributed by atoms with Gasteiger partial charge >= 0.3 is 0 Å². The van der Waals surface area contributed by atoms with E-state index in [2.05, 4.69) is 41.0 Å². The second kappa shape index (κ2) is 7.08. The van der Waals surface area contributed by atoms with Crippen molar-refractivity contribution in [3.8, 4) is 22.7 Å². The number of aromatic hydroxyl groups is 1. The minimum absolute atomic E-state index is 0.184. The summed E-state index contributed by atoms with van der Waals surface area (Å²) in [5, 5.41) is 19.6. The number of hydrogen-bond donors (Lipinski definition) is 1. The van der Waals surface area contributed by atoms with Crippen molar-refractivity contribution >= 4 is 5.82 Å². The maximum atomic E-state index is 10.6. The fourth-order valence-electron chi connectivity index (χ4n) is 5.95. The number of rotatable bonds is 4. The highest BCUT2D eigenvalue weighted by atomic mass is 16.3. The lowest BCUT2D eigenvalue weighted by Gasteiger charge is -2.44. The van der Waals surface area contributed by atoms with E-state index in [1.54, 1.807) is 12.4 Å². The van der Waals surface area contributed by atoms with Crippen molar-refractivity contribution in [1.29, 1.82) is 0 Å². The number of benzene rings is 1. The Kier molecular flexibility index (Phi) is 4.57. The van der Waals surface area contributed by atoms with Crippen LogP contribution in [0.2, 0.25) is 0 Å². The van der Waals surface area contributed by atoms with Gasteiger partial charge in [0.15, 0.2) is 5.82 Å². The first kappa shape index (κ1) is 20.0. The molecule has 1 N–H and O–H groups in total. The van der Waals surface area contributed by atoms with E-state index in [1.165, 1.54) is 32.1 Å². The molecule has 1 unspecified atom stereocenters. The molecule has 6 heteroatoms. The first-order valence-corrected chi connectivity index (χ1v) is 11.1. The number of imidazole rings is 1. The van der Waals surface area contributed by atoms with Gasteiger partial charge in [0.25, 0.3) is 0 Å². The van der Waals surface area contributed by atoms with Crippen molar-refractivity contribution in [2.45, 2.75) is 58.9 Å². The van der Waals surface area contributed by atoms with Crippen LogP contribution in [0, 0.1) is 17.8 Å². The van der Waals surface area contributed by atoms with Gasteiger partial charge in [-0.05, 0) is 74.1 Å². The molecule has 3 aromatic rings. The van der Waals surface area contributed by atoms with Gasteiger partial charge in [-0.25, -0.2) is 4.98 Å². The molecule has 6 nitrogen and oxygen atoms in total. The van der Waals surface area contributed by atoms with Crippen LogP contribution in [-0.2, 0) is 0 Å². The van der Waals surface area contributed by atoms with Crippen molar-refractivity contribution in [2.75, 3.05) is 11.9 Å². The Labute approximate surface area is 184 Å². The summed E-state index contributed by atoms with van der Waals surface area (Å²) in [6.07, 6.45) is 10.1. The summed E-state index contributed by atoms with van der Waals surface area (Å²) in [5.74, 6) is 1.08. The Hall–Kier alpha value is -2.89. The zero-order chi connectivity index (χ0) is 21.8. The van der Waals surface area contributed by atoms with Crippen LogP contribution < -0.4 is 4.90 Å². The van der Waals surface area contributed by atoms with E-state index in [9.17, 15) is 5.11 Å². The molecule has 0 aliphatic heterocycles. The zero-order valence-corrected chi connectivity index (χ0v) is 18.8. The lowest BCUT2D eigenvalue weighted by atomic mass is 9.68. The van der Waals surface area contributed by atoms with Crippen LogP contribution in [0.15, 0.2) is 42.9 Å². The maximum Gasteiger partial charge on any atom is 0.151 e. The predicted octanol–water partition coefficient (Wildman–Crippen LogP) is 5.14. The average molecular weight is 418 g/mol. The van der Waals surface area contributed by atoms with E-state index in [4.69, 9.17) is 0 Å². The molecule has 5 rings (SSSR count). The Morgan fingerprint density at radius 3 is 2.39 bits per heavy atom. The van der Waals surface area contributed by atoms with Crippen LogP contribution in [0.5, 0.6) is 5.75 Å². The summed E-state index contributed by atoms with van der Waals surface area (Å²) in [5.41, 5.74) is 4.06. The fraction of sp³-hybridized carbons (Fsp3) is 0.480. The first-order valence-electron chi connectivity index (χ1n) is 11.1. The second-order valence-electron chi connectivity index (χ2n) is 10.4. The number of anilines is 1. The number of phenols is 1. The third-order valence-electron chi connectivity index (χ3n) is 7.47. The van der Waals surface area contributed by atoms with E-state index >= 15 is 0 Å². The Morgan fingerprint density at radius 2 is 1.81 bits per heavy atom. The van der Waals surface area contributed by atoms with E-state index in [-0.39, 0.29) is 5.75 Å². The van der Waals surface area contributed by atoms with Gasteiger partial charge in [-0.15, -0.1) is 10.2 Å². The number of aryl methyl sites for hydroxylation is 1. The predicted molar refractivity (Wildman–Crippen MR) is 122 cm³/mol. The third-order valence-corrected chi connectivity index (χ3v) is 7.47. The SMILES string of the molecule is Cc1cn(-c2ccc(-c3ccc(N(C)C4C[C@]5(C)CC[C@](C)(C4)C5)nn3)c(O)c2)cn1. The van der Waals surface area contributed by atoms with Crippen LogP contribution in [0.3, 0.4) is 0 Å². The molecule has 2 aliphatic carbocycles. The first-order chi connectivity index (χ1) is 14.7. The van der Waals surface area contributed by atoms with Crippen molar-refractivity contribution in [3.05, 3.63) is 48.5 Å². The number of phenolic OH excluding ortho intramolecular Hbond substituents is 1. The Bertz CT molecular complexity index is 1090. The quantitative estimate of drug-likeness (QED) is 0.637. The standard InChI is InChI=1S/C25H31N5O/c1-17-14-30(16-26-17)18-5-6-20(22(31)11-18)21-7-8-23(28-27-21)29(4)19-12-24(2)9-10-25(3,13-19)15-24/h5-8,11,14,16,19,31H,9-10,12-13,15H2,1-4H3/t19?,24-,25+. The van der Waals surface area contributed by atoms with Gasteiger partial charge in [-0.2, -0.15) is 0 Å². The Morgan fingerprint density at radius 1 is 1.06 bits per heavy atom. The maximum absolute atomic E-state index is 10.6. The summed E-state index contributed by atoms with van der Waals surface area (Å²) in [6, 6.07) is 10.0. The van der Waals surface area contributed by atoms with Gasteiger partial charge in [0.2, 0.25) is 0 Å². The van der Waals surface area contributed by atoms with Crippen molar-refractivity contribution < 1.29 is 5.11 Å². The Balaban J connectivity index is 1.35. The van der Waals surface area contributed by atoms with Crippen LogP contribution in [0.1, 0.15) is 51.6 Å². The van der Waals surface area contributed by atoms with Gasteiger partial charge < -0.3 is 14.6 Å². The van der Waals surface area contributed by atoms with E-state index in [0.29, 0.717) is 28.1 Å². The average Bonchev–Trinajstić information content (AvgIpc) is 3.27. The second-order valence-corrected chi connectivity index (χ2v) is 10.4. The van der Waals surface area contributed by atoms with Gasteiger partial charge in [0.05, 0.1) is 23.4 Å². The molecule has 0 saturated heterocycles. The topological polar surface area (TPSA) is 67.1 Å². The summed E-state index contributed by atoms with van der Waals surface area (Å²) >= 11 is 0. The summed E-state index contributed by atoms with van der Waals surface area (Å²) in [7, 11) is 2.14. The van der Waals surface area contributed by atoms with E-state index < -0.39 is 0 Å². The molecule has 2 saturated carbocycles. The van der Waals surface area contributed by atoms with Crippen LogP contribution in [0.25, 0.3) is 16.9 Å². The van der Waals surface area contributed by atoms with E-state index in [0.717, 1.165) is 17.2 Å². The minimum atomic E-state index is 0.184. The highest BCUT2D eigenvalue weighted by Gasteiger charge is 2.49. The molecular formula is C25H31N5O. The highest BCUT2D eigenvalue weighted by molar-refractivity contribution is 5.69. The highest BCUT2D eigenvalue weighted by Crippen LogP contribution is 2.58. The summed E-state index contributed by atoms with van der Waals surface area (Å²) in [6.45, 7) is 6.84. The van der Waals surface area contributed by atoms with Gasteiger partial charge in [0, 0.05) is 30.9 Å². The van der Waals surface area contributed by atoms with Crippen LogP contribution in [0.4, 0.5) is 5.82 Å². The third kappa shape index (κ3) is 3.68. The number of hydrogen-bond acceptors (Lipinski definition) is 5. The summed E-state index contributed by atoms with van der Waals surface area (Å²) in [4.78, 5) is 6.55. The van der Waals surface area contributed by atoms with Crippen molar-refractivity contribution in [1.82, 2.24) is 19.7 Å². The lowest BCUT2D eigenvalue weighted by molar-refractivity contribution is 0.148. The zero-order valence-electron chi connectivity index (χ0n) is 18.8. The van der Waals surface area contributed by atoms with Gasteiger partial charge in [0.1, 0.15) is 5.75 Å². The molecule has 31 heavy (non-hydrogen) atoms. The van der Waals surface area contributed by atoms with Gasteiger partial charge in [-0.1, -0.05) is 13.8 Å². The van der Waals surface area contributed by atoms with Crippen LogP contribution in [-0.4, -0.2) is 37.9 Å². The van der Waals surface area contributed by atoms with Gasteiger partial charge in [-0.3, -0.25) is 0 Å². The number of nitrogens with zero attached hydrogens (tertiary/aromatic N) is 5. The molecular weight excluding hydrogens is 386 g/mol.